The smallest absolute Gasteiger partial charge is 0.408 e. The lowest BCUT2D eigenvalue weighted by Crippen LogP contribution is -2.52. The van der Waals surface area contributed by atoms with Crippen LogP contribution in [0.4, 0.5) is 15.9 Å². The third-order valence-corrected chi connectivity index (χ3v) is 7.05. The van der Waals surface area contributed by atoms with Crippen molar-refractivity contribution in [1.29, 1.82) is 0 Å². The largest absolute Gasteiger partial charge is 0.417 e. The fraction of sp³-hybridized carbons (Fsp3) is 0.375. The van der Waals surface area contributed by atoms with Crippen LogP contribution in [0.1, 0.15) is 25.3 Å². The van der Waals surface area contributed by atoms with E-state index in [2.05, 4.69) is 35.4 Å². The number of benzene rings is 1. The summed E-state index contributed by atoms with van der Waals surface area (Å²) in [6.45, 7) is 5.67. The van der Waals surface area contributed by atoms with Gasteiger partial charge in [0, 0.05) is 61.5 Å². The van der Waals surface area contributed by atoms with Crippen molar-refractivity contribution in [3.63, 3.8) is 0 Å². The molecule has 4 aliphatic rings. The predicted molar refractivity (Wildman–Crippen MR) is 132 cm³/mol. The van der Waals surface area contributed by atoms with E-state index >= 15 is 4.39 Å². The van der Waals surface area contributed by atoms with Gasteiger partial charge in [0.1, 0.15) is 5.82 Å². The molecule has 1 unspecified atom stereocenters. The molecule has 35 heavy (non-hydrogen) atoms. The van der Waals surface area contributed by atoms with Gasteiger partial charge < -0.3 is 24.9 Å². The summed E-state index contributed by atoms with van der Waals surface area (Å²) >= 11 is 0. The van der Waals surface area contributed by atoms with Crippen molar-refractivity contribution in [3.8, 4) is 0 Å². The van der Waals surface area contributed by atoms with Gasteiger partial charge in [-0.3, -0.25) is 10.7 Å². The van der Waals surface area contributed by atoms with Gasteiger partial charge in [-0.05, 0) is 44.0 Å². The van der Waals surface area contributed by atoms with Crippen molar-refractivity contribution < 1.29 is 8.81 Å². The second-order valence-electron chi connectivity index (χ2n) is 9.35. The number of fused-ring (bicyclic) bond motifs is 5. The SMILES string of the molecule is CC1=C(Nc2ccc3oc(=O)[nH]c3c2)NC(N)(c2cnc(N3CCN4CCC3CC4)c(F)c2)N=C1. The van der Waals surface area contributed by atoms with Crippen molar-refractivity contribution in [1.82, 2.24) is 20.2 Å². The van der Waals surface area contributed by atoms with Crippen LogP contribution in [0.15, 0.2) is 56.1 Å². The highest BCUT2D eigenvalue weighted by Crippen LogP contribution is 2.30. The van der Waals surface area contributed by atoms with Gasteiger partial charge in [-0.25, -0.2) is 19.2 Å². The molecule has 0 spiro atoms. The molecular formula is C24H27FN8O2. The molecule has 2 bridgehead atoms. The average molecular weight is 479 g/mol. The number of nitrogens with two attached hydrogens (primary N) is 1. The van der Waals surface area contributed by atoms with Gasteiger partial charge in [0.2, 0.25) is 5.79 Å². The first-order chi connectivity index (χ1) is 16.9. The maximum absolute atomic E-state index is 15.4. The van der Waals surface area contributed by atoms with Gasteiger partial charge in [0.05, 0.1) is 5.52 Å². The molecule has 1 aromatic carbocycles. The number of piperidine rings is 1. The van der Waals surface area contributed by atoms with E-state index in [0.29, 0.717) is 40.0 Å². The monoisotopic (exact) mass is 478 g/mol. The van der Waals surface area contributed by atoms with Crippen molar-refractivity contribution in [2.24, 2.45) is 10.7 Å². The molecule has 7 rings (SSSR count). The number of hydrogen-bond donors (Lipinski definition) is 4. The maximum atomic E-state index is 15.4. The summed E-state index contributed by atoms with van der Waals surface area (Å²) in [5, 5.41) is 6.45. The summed E-state index contributed by atoms with van der Waals surface area (Å²) in [5.41, 5.74) is 9.57. The highest BCUT2D eigenvalue weighted by atomic mass is 19.1. The molecule has 5 N–H and O–H groups in total. The summed E-state index contributed by atoms with van der Waals surface area (Å²) in [4.78, 5) is 27.6. The van der Waals surface area contributed by atoms with Crippen LogP contribution >= 0.6 is 0 Å². The third kappa shape index (κ3) is 3.96. The summed E-state index contributed by atoms with van der Waals surface area (Å²) in [6.07, 6.45) is 5.28. The first kappa shape index (κ1) is 21.8. The van der Waals surface area contributed by atoms with Crippen LogP contribution in [0.25, 0.3) is 11.1 Å². The fourth-order valence-corrected chi connectivity index (χ4v) is 5.05. The van der Waals surface area contributed by atoms with Crippen LogP contribution in [-0.4, -0.2) is 53.3 Å². The van der Waals surface area contributed by atoms with Crippen LogP contribution in [0.2, 0.25) is 0 Å². The minimum atomic E-state index is -1.40. The highest BCUT2D eigenvalue weighted by molar-refractivity contribution is 5.82. The Morgan fingerprint density at radius 1 is 1.23 bits per heavy atom. The van der Waals surface area contributed by atoms with E-state index in [1.165, 1.54) is 6.07 Å². The average Bonchev–Trinajstić information content (AvgIpc) is 2.98. The first-order valence-electron chi connectivity index (χ1n) is 11.8. The lowest BCUT2D eigenvalue weighted by molar-refractivity contribution is 0.250. The highest BCUT2D eigenvalue weighted by Gasteiger charge is 2.34. The molecule has 0 radical (unpaired) electrons. The molecule has 3 fully saturated rings. The predicted octanol–water partition coefficient (Wildman–Crippen LogP) is 2.03. The molecule has 10 nitrogen and oxygen atoms in total. The number of aliphatic imine (C=N–C) groups is 1. The summed E-state index contributed by atoms with van der Waals surface area (Å²) < 4.78 is 20.4. The van der Waals surface area contributed by atoms with Crippen LogP contribution in [-0.2, 0) is 5.79 Å². The molecule has 2 aromatic heterocycles. The molecular weight excluding hydrogens is 451 g/mol. The standard InChI is InChI=1S/C24H27FN8O2/c1-14-12-28-24(26,31-21(14)29-16-2-3-20-19(11-16)30-23(34)35-20)15-10-18(25)22(27-13-15)33-9-8-32-6-4-17(33)5-7-32/h2-3,10-13,17,29,31H,4-9,26H2,1H3,(H,30,34). The Kier molecular flexibility index (Phi) is 5.11. The number of pyridine rings is 1. The normalized spacial score (nSPS) is 26.2. The fourth-order valence-electron chi connectivity index (χ4n) is 5.05. The molecule has 0 amide bonds. The zero-order valence-electron chi connectivity index (χ0n) is 19.3. The van der Waals surface area contributed by atoms with E-state index in [9.17, 15) is 4.79 Å². The molecule has 1 atom stereocenters. The Bertz CT molecular complexity index is 1400. The minimum Gasteiger partial charge on any atom is -0.408 e. The molecule has 3 aromatic rings. The van der Waals surface area contributed by atoms with Crippen LogP contribution in [0, 0.1) is 5.82 Å². The molecule has 0 saturated carbocycles. The third-order valence-electron chi connectivity index (χ3n) is 7.05. The molecule has 4 aliphatic heterocycles. The van der Waals surface area contributed by atoms with Crippen LogP contribution in [0.3, 0.4) is 0 Å². The minimum absolute atomic E-state index is 0.308. The molecule has 6 heterocycles. The van der Waals surface area contributed by atoms with E-state index in [0.717, 1.165) is 44.6 Å². The number of halogens is 1. The van der Waals surface area contributed by atoms with Crippen LogP contribution in [0.5, 0.6) is 0 Å². The summed E-state index contributed by atoms with van der Waals surface area (Å²) in [6, 6.07) is 6.97. The van der Waals surface area contributed by atoms with Crippen LogP contribution < -0.4 is 27.0 Å². The number of allylic oxidation sites excluding steroid dienone is 1. The maximum Gasteiger partial charge on any atom is 0.417 e. The van der Waals surface area contributed by atoms with Gasteiger partial charge in [-0.15, -0.1) is 0 Å². The first-order valence-corrected chi connectivity index (χ1v) is 11.8. The Hall–Kier alpha value is -3.70. The Balaban J connectivity index is 1.24. The van der Waals surface area contributed by atoms with E-state index in [4.69, 9.17) is 10.2 Å². The quantitative estimate of drug-likeness (QED) is 0.449. The number of anilines is 2. The van der Waals surface area contributed by atoms with Crippen molar-refractivity contribution in [2.75, 3.05) is 36.4 Å². The lowest BCUT2D eigenvalue weighted by atomic mass is 10.0. The molecule has 182 valence electrons. The number of hydrogen-bond acceptors (Lipinski definition) is 9. The number of nitrogens with zero attached hydrogens (tertiary/aromatic N) is 4. The van der Waals surface area contributed by atoms with E-state index in [-0.39, 0.29) is 0 Å². The number of nitrogens with one attached hydrogen (secondary N) is 3. The Morgan fingerprint density at radius 3 is 2.86 bits per heavy atom. The molecule has 0 aliphatic carbocycles. The number of aromatic nitrogens is 2. The molecule has 3 saturated heterocycles. The summed E-state index contributed by atoms with van der Waals surface area (Å²) in [7, 11) is 0. The molecule has 11 heteroatoms. The van der Waals surface area contributed by atoms with E-state index in [1.54, 1.807) is 30.6 Å². The van der Waals surface area contributed by atoms with E-state index < -0.39 is 17.4 Å². The number of H-pyrrole nitrogens is 1. The number of aromatic amines is 1. The van der Waals surface area contributed by atoms with Crippen molar-refractivity contribution in [2.45, 2.75) is 31.6 Å². The topological polar surface area (TPSA) is 128 Å². The zero-order chi connectivity index (χ0) is 24.2. The summed E-state index contributed by atoms with van der Waals surface area (Å²) in [5.74, 6) is -1.33. The second kappa shape index (κ2) is 8.21. The zero-order valence-corrected chi connectivity index (χ0v) is 19.3. The number of rotatable bonds is 4. The second-order valence-corrected chi connectivity index (χ2v) is 9.35. The van der Waals surface area contributed by atoms with Crippen molar-refractivity contribution in [3.05, 3.63) is 63.8 Å². The Labute approximate surface area is 200 Å². The van der Waals surface area contributed by atoms with Gasteiger partial charge in [0.15, 0.2) is 17.2 Å². The number of oxazole rings is 1. The van der Waals surface area contributed by atoms with Gasteiger partial charge in [0.25, 0.3) is 0 Å². The Morgan fingerprint density at radius 2 is 2.06 bits per heavy atom. The van der Waals surface area contributed by atoms with Crippen molar-refractivity contribution >= 4 is 28.8 Å². The van der Waals surface area contributed by atoms with E-state index in [1.807, 2.05) is 6.92 Å². The van der Waals surface area contributed by atoms with Gasteiger partial charge in [-0.2, -0.15) is 0 Å². The van der Waals surface area contributed by atoms with Gasteiger partial charge >= 0.3 is 5.76 Å². The lowest BCUT2D eigenvalue weighted by Gasteiger charge is -2.34. The van der Waals surface area contributed by atoms with Gasteiger partial charge in [-0.1, -0.05) is 0 Å².